The standard InChI is InChI=1S/C15H19F3N2O2S/c1-2-23-12-9-11(3-6-19-12)14(22)20-7-4-10(5-8-20)13(21)15(16,17)18/h3,6,9-10,13,21H,2,4-5,7-8H2,1H3. The van der Waals surface area contributed by atoms with Gasteiger partial charge in [-0.15, -0.1) is 11.8 Å². The van der Waals surface area contributed by atoms with E-state index in [1.165, 1.54) is 16.7 Å². The molecule has 1 aromatic heterocycles. The number of halogens is 3. The summed E-state index contributed by atoms with van der Waals surface area (Å²) in [6, 6.07) is 3.31. The molecule has 1 fully saturated rings. The van der Waals surface area contributed by atoms with Gasteiger partial charge in [0.05, 0.1) is 5.03 Å². The predicted molar refractivity (Wildman–Crippen MR) is 81.3 cm³/mol. The molecule has 0 bridgehead atoms. The largest absolute Gasteiger partial charge is 0.414 e. The highest BCUT2D eigenvalue weighted by Gasteiger charge is 2.44. The van der Waals surface area contributed by atoms with Gasteiger partial charge in [0, 0.05) is 24.8 Å². The number of hydrogen-bond acceptors (Lipinski definition) is 4. The number of carbonyl (C=O) groups is 1. The first-order valence-electron chi connectivity index (χ1n) is 7.45. The molecule has 8 heteroatoms. The van der Waals surface area contributed by atoms with Crippen LogP contribution in [0.2, 0.25) is 0 Å². The Morgan fingerprint density at radius 3 is 2.70 bits per heavy atom. The van der Waals surface area contributed by atoms with Crippen molar-refractivity contribution in [3.63, 3.8) is 0 Å². The van der Waals surface area contributed by atoms with Gasteiger partial charge in [-0.2, -0.15) is 13.2 Å². The Hall–Kier alpha value is -1.28. The SMILES string of the molecule is CCSc1cc(C(=O)N2CCC(C(O)C(F)(F)F)CC2)ccn1. The summed E-state index contributed by atoms with van der Waals surface area (Å²) in [5.74, 6) is -0.209. The van der Waals surface area contributed by atoms with Crippen molar-refractivity contribution >= 4 is 17.7 Å². The Morgan fingerprint density at radius 2 is 2.13 bits per heavy atom. The topological polar surface area (TPSA) is 53.4 Å². The van der Waals surface area contributed by atoms with Crippen molar-refractivity contribution < 1.29 is 23.1 Å². The third kappa shape index (κ3) is 4.60. The molecule has 1 aliphatic heterocycles. The number of aromatic nitrogens is 1. The molecule has 1 aromatic rings. The van der Waals surface area contributed by atoms with Crippen LogP contribution in [-0.2, 0) is 0 Å². The number of piperidine rings is 1. The van der Waals surface area contributed by atoms with Crippen LogP contribution in [-0.4, -0.2) is 52.0 Å². The average molecular weight is 348 g/mol. The first-order valence-corrected chi connectivity index (χ1v) is 8.44. The third-order valence-electron chi connectivity index (χ3n) is 3.88. The molecule has 0 radical (unpaired) electrons. The number of likely N-dealkylation sites (tertiary alicyclic amines) is 1. The molecule has 1 unspecified atom stereocenters. The van der Waals surface area contributed by atoms with E-state index >= 15 is 0 Å². The van der Waals surface area contributed by atoms with Gasteiger partial charge >= 0.3 is 6.18 Å². The number of aliphatic hydroxyl groups is 1. The van der Waals surface area contributed by atoms with Crippen LogP contribution in [0.1, 0.15) is 30.1 Å². The molecular weight excluding hydrogens is 329 g/mol. The lowest BCUT2D eigenvalue weighted by atomic mass is 9.90. The van der Waals surface area contributed by atoms with E-state index in [1.807, 2.05) is 6.92 Å². The van der Waals surface area contributed by atoms with E-state index in [0.717, 1.165) is 10.8 Å². The van der Waals surface area contributed by atoms with Gasteiger partial charge in [-0.25, -0.2) is 4.98 Å². The van der Waals surface area contributed by atoms with Gasteiger partial charge in [0.15, 0.2) is 6.10 Å². The van der Waals surface area contributed by atoms with Crippen molar-refractivity contribution in [3.8, 4) is 0 Å². The van der Waals surface area contributed by atoms with Gasteiger partial charge in [-0.3, -0.25) is 4.79 Å². The highest BCUT2D eigenvalue weighted by molar-refractivity contribution is 7.99. The maximum Gasteiger partial charge on any atom is 0.414 e. The smallest absolute Gasteiger partial charge is 0.383 e. The quantitative estimate of drug-likeness (QED) is 0.850. The monoisotopic (exact) mass is 348 g/mol. The lowest BCUT2D eigenvalue weighted by Crippen LogP contribution is -2.45. The number of nitrogens with zero attached hydrogens (tertiary/aromatic N) is 2. The van der Waals surface area contributed by atoms with Crippen molar-refractivity contribution in [1.82, 2.24) is 9.88 Å². The zero-order chi connectivity index (χ0) is 17.0. The highest BCUT2D eigenvalue weighted by atomic mass is 32.2. The maximum atomic E-state index is 12.5. The van der Waals surface area contributed by atoms with Crippen molar-refractivity contribution in [2.75, 3.05) is 18.8 Å². The molecule has 1 amide bonds. The van der Waals surface area contributed by atoms with Crippen LogP contribution in [0.4, 0.5) is 13.2 Å². The number of pyridine rings is 1. The number of rotatable bonds is 4. The van der Waals surface area contributed by atoms with Gasteiger partial charge in [0.2, 0.25) is 0 Å². The molecule has 1 N–H and O–H groups in total. The van der Waals surface area contributed by atoms with Crippen molar-refractivity contribution in [3.05, 3.63) is 23.9 Å². The maximum absolute atomic E-state index is 12.5. The summed E-state index contributed by atoms with van der Waals surface area (Å²) >= 11 is 1.52. The van der Waals surface area contributed by atoms with Crippen LogP contribution in [0, 0.1) is 5.92 Å². The Balaban J connectivity index is 1.97. The van der Waals surface area contributed by atoms with Crippen LogP contribution >= 0.6 is 11.8 Å². The number of thioether (sulfide) groups is 1. The molecule has 1 atom stereocenters. The van der Waals surface area contributed by atoms with E-state index in [0.29, 0.717) is 5.56 Å². The summed E-state index contributed by atoms with van der Waals surface area (Å²) in [7, 11) is 0. The zero-order valence-electron chi connectivity index (χ0n) is 12.7. The molecule has 0 spiro atoms. The number of hydrogen-bond donors (Lipinski definition) is 1. The fourth-order valence-corrected chi connectivity index (χ4v) is 3.28. The Kier molecular flexibility index (Phi) is 5.91. The fourth-order valence-electron chi connectivity index (χ4n) is 2.64. The molecule has 2 heterocycles. The zero-order valence-corrected chi connectivity index (χ0v) is 13.5. The van der Waals surface area contributed by atoms with Gasteiger partial charge < -0.3 is 10.0 Å². The van der Waals surface area contributed by atoms with Gasteiger partial charge in [-0.05, 0) is 36.6 Å². The lowest BCUT2D eigenvalue weighted by molar-refractivity contribution is -0.222. The molecule has 2 rings (SSSR count). The van der Waals surface area contributed by atoms with Gasteiger partial charge in [-0.1, -0.05) is 6.92 Å². The minimum Gasteiger partial charge on any atom is -0.383 e. The molecule has 128 valence electrons. The van der Waals surface area contributed by atoms with Crippen molar-refractivity contribution in [1.29, 1.82) is 0 Å². The molecule has 23 heavy (non-hydrogen) atoms. The molecule has 1 aliphatic rings. The van der Waals surface area contributed by atoms with Crippen LogP contribution in [0.25, 0.3) is 0 Å². The van der Waals surface area contributed by atoms with Crippen molar-refractivity contribution in [2.24, 2.45) is 5.92 Å². The molecular formula is C15H19F3N2O2S. The number of alkyl halides is 3. The Morgan fingerprint density at radius 1 is 1.48 bits per heavy atom. The van der Waals surface area contributed by atoms with E-state index in [-0.39, 0.29) is 31.8 Å². The number of aliphatic hydroxyl groups excluding tert-OH is 1. The van der Waals surface area contributed by atoms with E-state index in [9.17, 15) is 23.1 Å². The van der Waals surface area contributed by atoms with E-state index < -0.39 is 18.2 Å². The molecule has 1 saturated heterocycles. The summed E-state index contributed by atoms with van der Waals surface area (Å²) in [6.45, 7) is 2.42. The Labute approximate surface area is 137 Å². The molecule has 4 nitrogen and oxygen atoms in total. The second kappa shape index (κ2) is 7.53. The highest BCUT2D eigenvalue weighted by Crippen LogP contribution is 2.32. The van der Waals surface area contributed by atoms with Gasteiger partial charge in [0.25, 0.3) is 5.91 Å². The average Bonchev–Trinajstić information content (AvgIpc) is 2.53. The second-order valence-electron chi connectivity index (χ2n) is 5.43. The van der Waals surface area contributed by atoms with E-state index in [2.05, 4.69) is 4.98 Å². The first-order chi connectivity index (χ1) is 10.8. The summed E-state index contributed by atoms with van der Waals surface area (Å²) in [6.07, 6.45) is -5.06. The Bertz CT molecular complexity index is 546. The summed E-state index contributed by atoms with van der Waals surface area (Å²) in [4.78, 5) is 18.1. The normalized spacial score (nSPS) is 18.0. The molecule has 0 aliphatic carbocycles. The van der Waals surface area contributed by atoms with Crippen LogP contribution in [0.5, 0.6) is 0 Å². The van der Waals surface area contributed by atoms with Gasteiger partial charge in [0.1, 0.15) is 0 Å². The van der Waals surface area contributed by atoms with Crippen LogP contribution in [0.3, 0.4) is 0 Å². The molecule has 0 saturated carbocycles. The molecule has 0 aromatic carbocycles. The third-order valence-corrected chi connectivity index (χ3v) is 4.69. The number of amides is 1. The minimum atomic E-state index is -4.60. The minimum absolute atomic E-state index is 0.147. The first kappa shape index (κ1) is 18.1. The number of carbonyl (C=O) groups excluding carboxylic acids is 1. The predicted octanol–water partition coefficient (Wildman–Crippen LogP) is 2.97. The lowest BCUT2D eigenvalue weighted by Gasteiger charge is -2.34. The van der Waals surface area contributed by atoms with E-state index in [4.69, 9.17) is 0 Å². The summed E-state index contributed by atoms with van der Waals surface area (Å²) in [5.41, 5.74) is 0.491. The van der Waals surface area contributed by atoms with Crippen LogP contribution in [0.15, 0.2) is 23.4 Å². The van der Waals surface area contributed by atoms with E-state index in [1.54, 1.807) is 18.3 Å². The summed E-state index contributed by atoms with van der Waals surface area (Å²) in [5, 5.41) is 10.1. The van der Waals surface area contributed by atoms with Crippen molar-refractivity contribution in [2.45, 2.75) is 37.1 Å². The fraction of sp³-hybridized carbons (Fsp3) is 0.600. The summed E-state index contributed by atoms with van der Waals surface area (Å²) < 4.78 is 37.6. The second-order valence-corrected chi connectivity index (χ2v) is 6.72. The van der Waals surface area contributed by atoms with Crippen LogP contribution < -0.4 is 0 Å².